The summed E-state index contributed by atoms with van der Waals surface area (Å²) in [6.45, 7) is 4.08. The molecule has 0 bridgehead atoms. The minimum Gasteiger partial charge on any atom is -0.322 e. The SMILES string of the molecule is CC(C)c1ccc(N2C(=O)CC(N(Cc3ccc(F)cc3)C(=O)c3ccc(F)cc3)C2=O)cc1. The van der Waals surface area contributed by atoms with Crippen LogP contribution in [-0.2, 0) is 16.1 Å². The summed E-state index contributed by atoms with van der Waals surface area (Å²) in [5.74, 6) is -2.07. The summed E-state index contributed by atoms with van der Waals surface area (Å²) < 4.78 is 26.8. The zero-order valence-corrected chi connectivity index (χ0v) is 18.9. The van der Waals surface area contributed by atoms with E-state index in [1.165, 1.54) is 41.3 Å². The lowest BCUT2D eigenvalue weighted by Gasteiger charge is -2.28. The van der Waals surface area contributed by atoms with Crippen LogP contribution >= 0.6 is 0 Å². The zero-order chi connectivity index (χ0) is 24.4. The lowest BCUT2D eigenvalue weighted by molar-refractivity contribution is -0.122. The molecule has 1 atom stereocenters. The van der Waals surface area contributed by atoms with E-state index in [9.17, 15) is 23.2 Å². The topological polar surface area (TPSA) is 57.7 Å². The van der Waals surface area contributed by atoms with Crippen LogP contribution in [0.15, 0.2) is 72.8 Å². The van der Waals surface area contributed by atoms with Gasteiger partial charge in [-0.15, -0.1) is 0 Å². The standard InChI is InChI=1S/C27H24F2N2O3/c1-17(2)19-7-13-23(14-8-19)31-25(32)15-24(27(31)34)30(16-18-3-9-21(28)10-4-18)26(33)20-5-11-22(29)12-6-20/h3-14,17,24H,15-16H2,1-2H3. The molecule has 1 aliphatic rings. The van der Waals surface area contributed by atoms with E-state index in [1.54, 1.807) is 12.1 Å². The summed E-state index contributed by atoms with van der Waals surface area (Å²) in [5, 5.41) is 0. The molecule has 1 fully saturated rings. The van der Waals surface area contributed by atoms with Crippen LogP contribution in [0.5, 0.6) is 0 Å². The summed E-state index contributed by atoms with van der Waals surface area (Å²) >= 11 is 0. The van der Waals surface area contributed by atoms with Gasteiger partial charge in [-0.25, -0.2) is 13.7 Å². The molecular weight excluding hydrogens is 438 g/mol. The Hall–Kier alpha value is -3.87. The number of benzene rings is 3. The average Bonchev–Trinajstić information content (AvgIpc) is 3.12. The van der Waals surface area contributed by atoms with Gasteiger partial charge in [0.1, 0.15) is 17.7 Å². The van der Waals surface area contributed by atoms with Crippen LogP contribution in [0.25, 0.3) is 0 Å². The fourth-order valence-corrected chi connectivity index (χ4v) is 4.01. The molecule has 0 N–H and O–H groups in total. The first-order valence-corrected chi connectivity index (χ1v) is 11.0. The second kappa shape index (κ2) is 9.55. The molecule has 0 spiro atoms. The van der Waals surface area contributed by atoms with E-state index < -0.39 is 35.4 Å². The second-order valence-corrected chi connectivity index (χ2v) is 8.60. The maximum Gasteiger partial charge on any atom is 0.257 e. The molecule has 4 rings (SSSR count). The van der Waals surface area contributed by atoms with Crippen molar-refractivity contribution in [1.29, 1.82) is 0 Å². The molecule has 3 amide bonds. The normalized spacial score (nSPS) is 15.8. The minimum atomic E-state index is -1.04. The summed E-state index contributed by atoms with van der Waals surface area (Å²) in [7, 11) is 0. The van der Waals surface area contributed by atoms with E-state index in [2.05, 4.69) is 0 Å². The number of carbonyl (C=O) groups excluding carboxylic acids is 3. The Bertz CT molecular complexity index is 1210. The van der Waals surface area contributed by atoms with E-state index in [0.29, 0.717) is 17.2 Å². The van der Waals surface area contributed by atoms with Gasteiger partial charge in [0.05, 0.1) is 12.1 Å². The van der Waals surface area contributed by atoms with Crippen LogP contribution in [0.4, 0.5) is 14.5 Å². The molecule has 3 aromatic rings. The molecule has 1 heterocycles. The molecule has 1 aliphatic heterocycles. The van der Waals surface area contributed by atoms with E-state index in [-0.39, 0.29) is 18.5 Å². The van der Waals surface area contributed by atoms with Gasteiger partial charge in [-0.1, -0.05) is 38.1 Å². The molecule has 0 radical (unpaired) electrons. The Labute approximate surface area is 196 Å². The summed E-state index contributed by atoms with van der Waals surface area (Å²) in [4.78, 5) is 42.1. The highest BCUT2D eigenvalue weighted by Gasteiger charge is 2.44. The van der Waals surface area contributed by atoms with Crippen molar-refractivity contribution in [2.24, 2.45) is 0 Å². The minimum absolute atomic E-state index is 0.0136. The summed E-state index contributed by atoms with van der Waals surface area (Å²) in [5.41, 5.74) is 2.29. The molecule has 1 unspecified atom stereocenters. The smallest absolute Gasteiger partial charge is 0.257 e. The Kier molecular flexibility index (Phi) is 6.54. The highest BCUT2D eigenvalue weighted by molar-refractivity contribution is 6.23. The number of hydrogen-bond acceptors (Lipinski definition) is 3. The van der Waals surface area contributed by atoms with Gasteiger partial charge < -0.3 is 4.90 Å². The van der Waals surface area contributed by atoms with Gasteiger partial charge in [0.2, 0.25) is 5.91 Å². The van der Waals surface area contributed by atoms with E-state index in [4.69, 9.17) is 0 Å². The van der Waals surface area contributed by atoms with Crippen molar-refractivity contribution in [3.8, 4) is 0 Å². The van der Waals surface area contributed by atoms with E-state index >= 15 is 0 Å². The van der Waals surface area contributed by atoms with Crippen molar-refractivity contribution in [3.63, 3.8) is 0 Å². The first kappa shape index (κ1) is 23.3. The van der Waals surface area contributed by atoms with Gasteiger partial charge in [0.25, 0.3) is 11.8 Å². The number of imide groups is 1. The molecule has 34 heavy (non-hydrogen) atoms. The van der Waals surface area contributed by atoms with Crippen molar-refractivity contribution in [1.82, 2.24) is 4.90 Å². The van der Waals surface area contributed by atoms with Gasteiger partial charge in [-0.3, -0.25) is 14.4 Å². The third-order valence-electron chi connectivity index (χ3n) is 5.94. The molecule has 1 saturated heterocycles. The van der Waals surface area contributed by atoms with Gasteiger partial charge in [0.15, 0.2) is 0 Å². The molecule has 0 saturated carbocycles. The first-order chi connectivity index (χ1) is 16.2. The van der Waals surface area contributed by atoms with Crippen LogP contribution in [-0.4, -0.2) is 28.7 Å². The second-order valence-electron chi connectivity index (χ2n) is 8.60. The number of rotatable bonds is 6. The number of anilines is 1. The van der Waals surface area contributed by atoms with Crippen LogP contribution in [0, 0.1) is 11.6 Å². The number of carbonyl (C=O) groups is 3. The highest BCUT2D eigenvalue weighted by atomic mass is 19.1. The van der Waals surface area contributed by atoms with Crippen LogP contribution in [0.2, 0.25) is 0 Å². The Morgan fingerprint density at radius 3 is 2.03 bits per heavy atom. The van der Waals surface area contributed by atoms with Gasteiger partial charge in [-0.2, -0.15) is 0 Å². The Morgan fingerprint density at radius 2 is 1.47 bits per heavy atom. The first-order valence-electron chi connectivity index (χ1n) is 11.0. The molecule has 3 aromatic carbocycles. The third-order valence-corrected chi connectivity index (χ3v) is 5.94. The predicted octanol–water partition coefficient (Wildman–Crippen LogP) is 5.06. The lowest BCUT2D eigenvalue weighted by atomic mass is 10.0. The van der Waals surface area contributed by atoms with Gasteiger partial charge in [0, 0.05) is 12.1 Å². The van der Waals surface area contributed by atoms with Gasteiger partial charge in [-0.05, 0) is 65.6 Å². The largest absolute Gasteiger partial charge is 0.322 e. The zero-order valence-electron chi connectivity index (χ0n) is 18.9. The van der Waals surface area contributed by atoms with Crippen LogP contribution in [0.3, 0.4) is 0 Å². The molecule has 7 heteroatoms. The quantitative estimate of drug-likeness (QED) is 0.481. The third kappa shape index (κ3) is 4.73. The highest BCUT2D eigenvalue weighted by Crippen LogP contribution is 2.29. The van der Waals surface area contributed by atoms with E-state index in [1.807, 2.05) is 26.0 Å². The van der Waals surface area contributed by atoms with E-state index in [0.717, 1.165) is 22.6 Å². The number of hydrogen-bond donors (Lipinski definition) is 0. The van der Waals surface area contributed by atoms with Crippen LogP contribution in [0.1, 0.15) is 47.7 Å². The Balaban J connectivity index is 1.66. The van der Waals surface area contributed by atoms with Gasteiger partial charge >= 0.3 is 0 Å². The van der Waals surface area contributed by atoms with Crippen molar-refractivity contribution in [3.05, 3.63) is 101 Å². The van der Waals surface area contributed by atoms with Crippen molar-refractivity contribution in [2.75, 3.05) is 4.90 Å². The number of nitrogens with zero attached hydrogens (tertiary/aromatic N) is 2. The van der Waals surface area contributed by atoms with Crippen molar-refractivity contribution >= 4 is 23.4 Å². The summed E-state index contributed by atoms with van der Waals surface area (Å²) in [6, 6.07) is 16.7. The monoisotopic (exact) mass is 462 g/mol. The van der Waals surface area contributed by atoms with Crippen molar-refractivity contribution < 1.29 is 23.2 Å². The average molecular weight is 462 g/mol. The fourth-order valence-electron chi connectivity index (χ4n) is 4.01. The molecule has 0 aromatic heterocycles. The number of amides is 3. The maximum atomic E-state index is 13.4. The fraction of sp³-hybridized carbons (Fsp3) is 0.222. The molecule has 174 valence electrons. The lowest BCUT2D eigenvalue weighted by Crippen LogP contribution is -2.45. The van der Waals surface area contributed by atoms with Crippen LogP contribution < -0.4 is 4.90 Å². The molecule has 0 aliphatic carbocycles. The number of halogens is 2. The maximum absolute atomic E-state index is 13.4. The molecular formula is C27H24F2N2O3. The molecule has 5 nitrogen and oxygen atoms in total. The summed E-state index contributed by atoms with van der Waals surface area (Å²) in [6.07, 6.45) is -0.182. The van der Waals surface area contributed by atoms with Crippen molar-refractivity contribution in [2.45, 2.75) is 38.8 Å². The Morgan fingerprint density at radius 1 is 0.912 bits per heavy atom. The predicted molar refractivity (Wildman–Crippen MR) is 124 cm³/mol.